The van der Waals surface area contributed by atoms with Crippen molar-refractivity contribution in [2.24, 2.45) is 5.73 Å². The van der Waals surface area contributed by atoms with Crippen molar-refractivity contribution in [3.8, 4) is 0 Å². The van der Waals surface area contributed by atoms with Crippen LogP contribution in [0.1, 0.15) is 10.5 Å². The first-order chi connectivity index (χ1) is 4.61. The van der Waals surface area contributed by atoms with Crippen LogP contribution in [0.5, 0.6) is 0 Å². The van der Waals surface area contributed by atoms with Crippen LogP contribution in [-0.4, -0.2) is 10.9 Å². The van der Waals surface area contributed by atoms with Crippen molar-refractivity contribution in [2.75, 3.05) is 5.73 Å². The van der Waals surface area contributed by atoms with Gasteiger partial charge in [0.05, 0.1) is 0 Å². The molecule has 1 rings (SSSR count). The largest absolute Gasteiger partial charge is 0.375 e. The van der Waals surface area contributed by atoms with Gasteiger partial charge in [0.15, 0.2) is 10.8 Å². The minimum absolute atomic E-state index is 0.197. The minimum Gasteiger partial charge on any atom is -0.375 e. The number of carbonyl (C=O) groups excluding carboxylic acids is 1. The number of hydrogen-bond donors (Lipinski definition) is 2. The van der Waals surface area contributed by atoms with Crippen LogP contribution in [0, 0.1) is 0 Å². The number of carbonyl (C=O) groups is 1. The Morgan fingerprint density at radius 2 is 2.30 bits per heavy atom. The molecular formula is C4H4BrN3OS. The van der Waals surface area contributed by atoms with Gasteiger partial charge in [-0.2, -0.15) is 0 Å². The number of primary amides is 1. The summed E-state index contributed by atoms with van der Waals surface area (Å²) in [6, 6.07) is 0. The number of rotatable bonds is 1. The van der Waals surface area contributed by atoms with Crippen LogP contribution < -0.4 is 11.5 Å². The van der Waals surface area contributed by atoms with Gasteiger partial charge in [-0.3, -0.25) is 4.79 Å². The zero-order valence-corrected chi connectivity index (χ0v) is 7.20. The second-order valence-electron chi connectivity index (χ2n) is 1.54. The standard InChI is InChI=1S/C4H4BrN3OS/c5-2-1(3(6)9)8-4(7)10-2/h(H2,6,9)(H2,7,8). The number of halogens is 1. The molecule has 1 aromatic rings. The number of nitrogen functional groups attached to an aromatic ring is 1. The highest BCUT2D eigenvalue weighted by molar-refractivity contribution is 9.11. The maximum atomic E-state index is 10.5. The van der Waals surface area contributed by atoms with Crippen molar-refractivity contribution in [2.45, 2.75) is 0 Å². The molecule has 1 amide bonds. The van der Waals surface area contributed by atoms with Gasteiger partial charge >= 0.3 is 0 Å². The highest BCUT2D eigenvalue weighted by atomic mass is 79.9. The molecule has 0 saturated heterocycles. The Morgan fingerprint density at radius 1 is 1.70 bits per heavy atom. The van der Waals surface area contributed by atoms with Gasteiger partial charge < -0.3 is 11.5 Å². The molecule has 1 heterocycles. The fourth-order valence-corrected chi connectivity index (χ4v) is 1.81. The molecule has 0 aliphatic carbocycles. The summed E-state index contributed by atoms with van der Waals surface area (Å²) >= 11 is 4.27. The first-order valence-electron chi connectivity index (χ1n) is 2.33. The molecule has 10 heavy (non-hydrogen) atoms. The second kappa shape index (κ2) is 2.55. The lowest BCUT2D eigenvalue weighted by atomic mass is 10.5. The van der Waals surface area contributed by atoms with Gasteiger partial charge in [-0.25, -0.2) is 4.98 Å². The Labute approximate surface area is 69.4 Å². The van der Waals surface area contributed by atoms with E-state index in [1.165, 1.54) is 11.3 Å². The summed E-state index contributed by atoms with van der Waals surface area (Å²) < 4.78 is 0.581. The second-order valence-corrected chi connectivity index (χ2v) is 3.89. The normalized spacial score (nSPS) is 9.70. The van der Waals surface area contributed by atoms with E-state index in [9.17, 15) is 4.79 Å². The summed E-state index contributed by atoms with van der Waals surface area (Å²) in [5, 5.41) is 0.334. The van der Waals surface area contributed by atoms with Gasteiger partial charge in [-0.05, 0) is 15.9 Å². The molecule has 0 unspecified atom stereocenters. The average molecular weight is 222 g/mol. The smallest absolute Gasteiger partial charge is 0.269 e. The fourth-order valence-electron chi connectivity index (χ4n) is 0.469. The van der Waals surface area contributed by atoms with E-state index in [0.717, 1.165) is 0 Å². The van der Waals surface area contributed by atoms with E-state index in [1.807, 2.05) is 0 Å². The topological polar surface area (TPSA) is 82.0 Å². The number of aromatic nitrogens is 1. The molecule has 0 fully saturated rings. The third-order valence-corrected chi connectivity index (χ3v) is 2.37. The molecule has 1 aromatic heterocycles. The summed E-state index contributed by atoms with van der Waals surface area (Å²) in [5.74, 6) is -0.570. The molecule has 54 valence electrons. The lowest BCUT2D eigenvalue weighted by molar-refractivity contribution is 0.0995. The number of nitrogens with zero attached hydrogens (tertiary/aromatic N) is 1. The van der Waals surface area contributed by atoms with Gasteiger partial charge in [0.1, 0.15) is 3.79 Å². The molecule has 4 nitrogen and oxygen atoms in total. The summed E-state index contributed by atoms with van der Waals surface area (Å²) in [4.78, 5) is 14.2. The lowest BCUT2D eigenvalue weighted by Gasteiger charge is -1.84. The van der Waals surface area contributed by atoms with Crippen molar-refractivity contribution in [3.05, 3.63) is 9.48 Å². The van der Waals surface area contributed by atoms with Crippen LogP contribution in [0.25, 0.3) is 0 Å². The Morgan fingerprint density at radius 3 is 2.50 bits per heavy atom. The van der Waals surface area contributed by atoms with Gasteiger partial charge in [0.2, 0.25) is 0 Å². The number of amides is 1. The van der Waals surface area contributed by atoms with E-state index in [-0.39, 0.29) is 5.69 Å². The molecule has 0 aromatic carbocycles. The summed E-state index contributed by atoms with van der Waals surface area (Å²) in [6.45, 7) is 0. The zero-order chi connectivity index (χ0) is 7.72. The molecule has 0 radical (unpaired) electrons. The first kappa shape index (κ1) is 7.49. The van der Waals surface area contributed by atoms with Crippen LogP contribution in [0.4, 0.5) is 5.13 Å². The molecule has 6 heteroatoms. The minimum atomic E-state index is -0.570. The van der Waals surface area contributed by atoms with Crippen molar-refractivity contribution >= 4 is 38.3 Å². The Balaban J connectivity index is 3.15. The highest BCUT2D eigenvalue weighted by Gasteiger charge is 2.10. The Kier molecular flexibility index (Phi) is 1.91. The van der Waals surface area contributed by atoms with Crippen LogP contribution in [0.15, 0.2) is 3.79 Å². The van der Waals surface area contributed by atoms with Crippen LogP contribution in [-0.2, 0) is 0 Å². The van der Waals surface area contributed by atoms with Crippen molar-refractivity contribution in [1.29, 1.82) is 0 Å². The summed E-state index contributed by atoms with van der Waals surface area (Å²) in [7, 11) is 0. The predicted octanol–water partition coefficient (Wildman–Crippen LogP) is 0.587. The first-order valence-corrected chi connectivity index (χ1v) is 3.94. The number of anilines is 1. The molecule has 4 N–H and O–H groups in total. The number of nitrogens with two attached hydrogens (primary N) is 2. The van der Waals surface area contributed by atoms with Crippen LogP contribution >= 0.6 is 27.3 Å². The molecule has 0 aliphatic heterocycles. The van der Waals surface area contributed by atoms with E-state index in [4.69, 9.17) is 11.5 Å². The van der Waals surface area contributed by atoms with Gasteiger partial charge in [-0.15, -0.1) is 0 Å². The molecule has 0 spiro atoms. The molecule has 0 aliphatic rings. The van der Waals surface area contributed by atoms with E-state index < -0.39 is 5.91 Å². The number of thiazole rings is 1. The van der Waals surface area contributed by atoms with Crippen molar-refractivity contribution in [1.82, 2.24) is 4.98 Å². The maximum Gasteiger partial charge on any atom is 0.269 e. The summed E-state index contributed by atoms with van der Waals surface area (Å²) in [5.41, 5.74) is 10.4. The van der Waals surface area contributed by atoms with Crippen molar-refractivity contribution in [3.63, 3.8) is 0 Å². The summed E-state index contributed by atoms with van der Waals surface area (Å²) in [6.07, 6.45) is 0. The van der Waals surface area contributed by atoms with E-state index in [1.54, 1.807) is 0 Å². The SMILES string of the molecule is NC(=O)c1nc(N)sc1Br. The Bertz CT molecular complexity index is 271. The van der Waals surface area contributed by atoms with Crippen LogP contribution in [0.3, 0.4) is 0 Å². The van der Waals surface area contributed by atoms with E-state index >= 15 is 0 Å². The fraction of sp³-hybridized carbons (Fsp3) is 0. The predicted molar refractivity (Wildman–Crippen MR) is 42.7 cm³/mol. The maximum absolute atomic E-state index is 10.5. The molecule has 0 saturated carbocycles. The molecular weight excluding hydrogens is 218 g/mol. The van der Waals surface area contributed by atoms with Gasteiger partial charge in [0.25, 0.3) is 5.91 Å². The Hall–Kier alpha value is -0.620. The third-order valence-electron chi connectivity index (χ3n) is 0.836. The van der Waals surface area contributed by atoms with Crippen LogP contribution in [0.2, 0.25) is 0 Å². The van der Waals surface area contributed by atoms with E-state index in [0.29, 0.717) is 8.92 Å². The lowest BCUT2D eigenvalue weighted by Crippen LogP contribution is -2.11. The van der Waals surface area contributed by atoms with E-state index in [2.05, 4.69) is 20.9 Å². The van der Waals surface area contributed by atoms with Crippen molar-refractivity contribution < 1.29 is 4.79 Å². The highest BCUT2D eigenvalue weighted by Crippen LogP contribution is 2.25. The quantitative estimate of drug-likeness (QED) is 0.729. The monoisotopic (exact) mass is 221 g/mol. The molecule has 0 atom stereocenters. The van der Waals surface area contributed by atoms with Gasteiger partial charge in [-0.1, -0.05) is 11.3 Å². The average Bonchev–Trinajstić information content (AvgIpc) is 2.10. The van der Waals surface area contributed by atoms with Gasteiger partial charge in [0, 0.05) is 0 Å². The zero-order valence-electron chi connectivity index (χ0n) is 4.80. The molecule has 0 bridgehead atoms. The number of hydrogen-bond acceptors (Lipinski definition) is 4. The third kappa shape index (κ3) is 1.27.